The highest BCUT2D eigenvalue weighted by atomic mass is 19.4. The van der Waals surface area contributed by atoms with Crippen LogP contribution < -0.4 is 26.3 Å². The van der Waals surface area contributed by atoms with Crippen LogP contribution in [0, 0.1) is 11.8 Å². The fourth-order valence-electron chi connectivity index (χ4n) is 6.66. The molecule has 4 rings (SSSR count). The van der Waals surface area contributed by atoms with Crippen LogP contribution in [0.2, 0.25) is 0 Å². The number of aliphatic imine (C=N–C) groups is 1. The lowest BCUT2D eigenvalue weighted by molar-refractivity contribution is -0.671. The molecule has 53 heavy (non-hydrogen) atoms. The Morgan fingerprint density at radius 3 is 2.06 bits per heavy atom. The molecular weight excluding hydrogens is 695 g/mol. The number of halogens is 3. The maximum absolute atomic E-state index is 14.1. The summed E-state index contributed by atoms with van der Waals surface area (Å²) in [5, 5.41) is 16.0. The molecule has 1 saturated carbocycles. The van der Waals surface area contributed by atoms with E-state index in [1.54, 1.807) is 19.0 Å². The molecule has 0 spiro atoms. The fraction of sp³-hybridized carbons (Fsp3) is 0.541. The number of carbonyl (C=O) groups excluding carboxylic acids is 4. The number of likely N-dealkylation sites (tertiary alicyclic amines) is 1. The van der Waals surface area contributed by atoms with Gasteiger partial charge in [-0.1, -0.05) is 43.5 Å². The van der Waals surface area contributed by atoms with E-state index in [9.17, 15) is 32.3 Å². The van der Waals surface area contributed by atoms with Gasteiger partial charge in [0.1, 0.15) is 30.9 Å². The standard InChI is InChI=1S/C35H49N7O4.C2HF3O2/c1-37-32(38-2)27-16-14-24(15-17-27)21-28(35(46)42-19-8-5-9-20-42)33(44)40-30(26-12-6-4-7-13-26)34(45)39-29(31(36)43)22-25-11-10-18-41(3)23-25;3-2(4,5)1(6)7/h10-11,14-18,23,26,28-30H,4-9,12-13,19-22H2,1-3H3,(H4-,36,37,38,39,40,43,44,45);(H,6,7)/p+1. The molecule has 3 unspecified atom stereocenters. The molecule has 1 aliphatic heterocycles. The monoisotopic (exact) mass is 746 g/mol. The Labute approximate surface area is 307 Å². The SMILES string of the molecule is C/N=C(/NC)c1ccc(CC(C(=O)NC(C(=O)NC(Cc2ccc[n+](C)c2)C(N)=O)C2CCCCC2)C(=O)N2CCCCC2)cc1.O=C(O)C(F)(F)F. The highest BCUT2D eigenvalue weighted by Gasteiger charge is 2.39. The first-order valence-electron chi connectivity index (χ1n) is 17.8. The predicted octanol–water partition coefficient (Wildman–Crippen LogP) is 2.19. The molecule has 0 bridgehead atoms. The third-order valence-corrected chi connectivity index (χ3v) is 9.45. The third kappa shape index (κ3) is 13.2. The maximum atomic E-state index is 14.1. The van der Waals surface area contributed by atoms with E-state index in [1.807, 2.05) is 60.4 Å². The fourth-order valence-corrected chi connectivity index (χ4v) is 6.66. The second kappa shape index (κ2) is 20.3. The van der Waals surface area contributed by atoms with Crippen LogP contribution in [0.3, 0.4) is 0 Å². The summed E-state index contributed by atoms with van der Waals surface area (Å²) in [6.07, 6.45) is 6.46. The van der Waals surface area contributed by atoms with Crippen LogP contribution in [0.15, 0.2) is 53.8 Å². The normalized spacial score (nSPS) is 16.9. The van der Waals surface area contributed by atoms with Crippen molar-refractivity contribution < 1.29 is 46.8 Å². The van der Waals surface area contributed by atoms with Gasteiger partial charge in [-0.2, -0.15) is 13.2 Å². The van der Waals surface area contributed by atoms with Crippen LogP contribution in [0.5, 0.6) is 0 Å². The van der Waals surface area contributed by atoms with Gasteiger partial charge in [0, 0.05) is 50.8 Å². The topological polar surface area (TPSA) is 187 Å². The third-order valence-electron chi connectivity index (χ3n) is 9.45. The van der Waals surface area contributed by atoms with Gasteiger partial charge in [0.2, 0.25) is 23.6 Å². The molecule has 16 heteroatoms. The number of amides is 4. The molecule has 2 fully saturated rings. The number of rotatable bonds is 12. The van der Waals surface area contributed by atoms with Gasteiger partial charge in [0.05, 0.1) is 0 Å². The van der Waals surface area contributed by atoms with E-state index < -0.39 is 47.9 Å². The highest BCUT2D eigenvalue weighted by Crippen LogP contribution is 2.28. The number of alkyl halides is 3. The van der Waals surface area contributed by atoms with Crippen molar-refractivity contribution in [1.82, 2.24) is 20.9 Å². The minimum Gasteiger partial charge on any atom is -0.475 e. The van der Waals surface area contributed by atoms with Crippen LogP contribution >= 0.6 is 0 Å². The smallest absolute Gasteiger partial charge is 0.475 e. The van der Waals surface area contributed by atoms with Crippen LogP contribution in [-0.2, 0) is 43.9 Å². The summed E-state index contributed by atoms with van der Waals surface area (Å²) >= 11 is 0. The van der Waals surface area contributed by atoms with Gasteiger partial charge in [-0.05, 0) is 56.1 Å². The molecule has 2 aromatic rings. The van der Waals surface area contributed by atoms with Crippen LogP contribution in [0.25, 0.3) is 0 Å². The van der Waals surface area contributed by atoms with Crippen molar-refractivity contribution in [1.29, 1.82) is 0 Å². The van der Waals surface area contributed by atoms with Gasteiger partial charge >= 0.3 is 12.1 Å². The first kappa shape index (κ1) is 42.4. The second-order valence-electron chi connectivity index (χ2n) is 13.4. The summed E-state index contributed by atoms with van der Waals surface area (Å²) in [5.41, 5.74) is 8.33. The zero-order chi connectivity index (χ0) is 39.1. The summed E-state index contributed by atoms with van der Waals surface area (Å²) in [6.45, 7) is 1.23. The number of piperidine rings is 1. The van der Waals surface area contributed by atoms with Crippen LogP contribution in [0.4, 0.5) is 13.2 Å². The van der Waals surface area contributed by atoms with E-state index >= 15 is 0 Å². The summed E-state index contributed by atoms with van der Waals surface area (Å²) in [5.74, 6) is -4.92. The molecule has 290 valence electrons. The van der Waals surface area contributed by atoms with Gasteiger partial charge in [-0.3, -0.25) is 24.2 Å². The lowest BCUT2D eigenvalue weighted by Gasteiger charge is -2.33. The number of hydrogen-bond donors (Lipinski definition) is 5. The minimum absolute atomic E-state index is 0.112. The Bertz CT molecular complexity index is 1590. The Morgan fingerprint density at radius 1 is 0.925 bits per heavy atom. The van der Waals surface area contributed by atoms with Gasteiger partial charge in [-0.25, -0.2) is 9.36 Å². The van der Waals surface area contributed by atoms with Gasteiger partial charge in [0.15, 0.2) is 12.4 Å². The number of pyridine rings is 1. The summed E-state index contributed by atoms with van der Waals surface area (Å²) in [7, 11) is 5.40. The summed E-state index contributed by atoms with van der Waals surface area (Å²) < 4.78 is 33.6. The maximum Gasteiger partial charge on any atom is 0.490 e. The second-order valence-corrected chi connectivity index (χ2v) is 13.4. The number of primary amides is 1. The molecule has 1 aliphatic carbocycles. The van der Waals surface area contributed by atoms with E-state index in [2.05, 4.69) is 20.9 Å². The zero-order valence-corrected chi connectivity index (χ0v) is 30.5. The Morgan fingerprint density at radius 2 is 1.53 bits per heavy atom. The van der Waals surface area contributed by atoms with E-state index in [0.29, 0.717) is 13.1 Å². The Hall–Kier alpha value is -5.02. The number of carbonyl (C=O) groups is 5. The van der Waals surface area contributed by atoms with Crippen LogP contribution in [0.1, 0.15) is 68.1 Å². The van der Waals surface area contributed by atoms with Crippen molar-refractivity contribution >= 4 is 35.4 Å². The van der Waals surface area contributed by atoms with E-state index in [-0.39, 0.29) is 24.7 Å². The number of aryl methyl sites for hydroxylation is 1. The number of amidine groups is 1. The average Bonchev–Trinajstić information content (AvgIpc) is 3.13. The summed E-state index contributed by atoms with van der Waals surface area (Å²) in [4.78, 5) is 69.4. The number of nitrogens with two attached hydrogens (primary N) is 1. The zero-order valence-electron chi connectivity index (χ0n) is 30.5. The lowest BCUT2D eigenvalue weighted by atomic mass is 9.83. The number of hydrogen-bond acceptors (Lipinski definition) is 6. The average molecular weight is 747 g/mol. The molecule has 3 atom stereocenters. The number of aliphatic carboxylic acids is 1. The van der Waals surface area contributed by atoms with Crippen molar-refractivity contribution in [3.8, 4) is 0 Å². The molecule has 1 saturated heterocycles. The molecule has 4 amide bonds. The number of carboxylic acids is 1. The number of carboxylic acid groups (broad SMARTS) is 1. The number of nitrogens with zero attached hydrogens (tertiary/aromatic N) is 3. The largest absolute Gasteiger partial charge is 0.490 e. The van der Waals surface area contributed by atoms with Crippen molar-refractivity contribution in [2.24, 2.45) is 29.6 Å². The Balaban J connectivity index is 0.000000980. The molecule has 0 radical (unpaired) electrons. The van der Waals surface area contributed by atoms with Crippen molar-refractivity contribution in [3.05, 3.63) is 65.5 Å². The van der Waals surface area contributed by atoms with Gasteiger partial charge in [0.25, 0.3) is 0 Å². The summed E-state index contributed by atoms with van der Waals surface area (Å²) in [6, 6.07) is 9.57. The molecule has 1 aromatic heterocycles. The lowest BCUT2D eigenvalue weighted by Crippen LogP contribution is -2.58. The number of nitrogens with one attached hydrogen (secondary N) is 3. The Kier molecular flexibility index (Phi) is 16.2. The van der Waals surface area contributed by atoms with E-state index in [4.69, 9.17) is 15.6 Å². The molecule has 2 aliphatic rings. The molecule has 2 heterocycles. The minimum atomic E-state index is -5.08. The van der Waals surface area contributed by atoms with Crippen molar-refractivity contribution in [2.75, 3.05) is 27.2 Å². The van der Waals surface area contributed by atoms with Crippen molar-refractivity contribution in [3.63, 3.8) is 0 Å². The highest BCUT2D eigenvalue weighted by molar-refractivity contribution is 6.02. The van der Waals surface area contributed by atoms with Crippen LogP contribution in [-0.4, -0.2) is 90.9 Å². The predicted molar refractivity (Wildman–Crippen MR) is 190 cm³/mol. The number of benzene rings is 1. The number of aromatic nitrogens is 1. The van der Waals surface area contributed by atoms with Gasteiger partial charge < -0.3 is 31.7 Å². The molecule has 6 N–H and O–H groups in total. The van der Waals surface area contributed by atoms with E-state index in [0.717, 1.165) is 73.9 Å². The molecule has 1 aromatic carbocycles. The van der Waals surface area contributed by atoms with Crippen molar-refractivity contribution in [2.45, 2.75) is 82.5 Å². The van der Waals surface area contributed by atoms with Gasteiger partial charge in [-0.15, -0.1) is 0 Å². The quantitative estimate of drug-likeness (QED) is 0.0954. The molecule has 13 nitrogen and oxygen atoms in total. The molecular formula is C37H51F3N7O6+. The first-order valence-corrected chi connectivity index (χ1v) is 17.8. The first-order chi connectivity index (χ1) is 25.1. The van der Waals surface area contributed by atoms with E-state index in [1.165, 1.54) is 0 Å².